The van der Waals surface area contributed by atoms with Gasteiger partial charge in [0.05, 0.1) is 31.7 Å². The number of alkyl halides is 2. The van der Waals surface area contributed by atoms with E-state index in [2.05, 4.69) is 25.0 Å². The molecule has 0 spiro atoms. The lowest BCUT2D eigenvalue weighted by molar-refractivity contribution is -0.110. The number of hydrogen-bond donors (Lipinski definition) is 2. The smallest absolute Gasteiger partial charge is 0.387 e. The highest BCUT2D eigenvalue weighted by Crippen LogP contribution is 2.29. The van der Waals surface area contributed by atoms with Crippen molar-refractivity contribution < 1.29 is 27.4 Å². The number of hydrogen-bond acceptors (Lipinski definition) is 8. The van der Waals surface area contributed by atoms with Gasteiger partial charge in [-0.3, -0.25) is 19.8 Å². The largest absolute Gasteiger partial charge is 0.433 e. The number of dihydropyridines is 1. The van der Waals surface area contributed by atoms with Crippen LogP contribution in [0.2, 0.25) is 0 Å². The van der Waals surface area contributed by atoms with Gasteiger partial charge in [0.2, 0.25) is 6.41 Å². The van der Waals surface area contributed by atoms with Gasteiger partial charge in [-0.05, 0) is 43.4 Å². The van der Waals surface area contributed by atoms with Crippen LogP contribution in [0.15, 0.2) is 45.9 Å². The minimum atomic E-state index is -2.93. The van der Waals surface area contributed by atoms with E-state index in [0.717, 1.165) is 37.0 Å². The Labute approximate surface area is 206 Å². The van der Waals surface area contributed by atoms with Crippen LogP contribution in [0.3, 0.4) is 0 Å². The highest BCUT2D eigenvalue weighted by atomic mass is 19.3. The number of carbonyl (C=O) groups is 1. The molecule has 0 radical (unpaired) electrons. The van der Waals surface area contributed by atoms with Crippen LogP contribution in [0.5, 0.6) is 5.75 Å². The number of halogens is 3. The molecule has 1 aliphatic carbocycles. The summed E-state index contributed by atoms with van der Waals surface area (Å²) in [5.41, 5.74) is 8.18. The number of nitrogens with zero attached hydrogens (tertiary/aromatic N) is 4. The number of nitrogens with one attached hydrogen (secondary N) is 1. The predicted molar refractivity (Wildman–Crippen MR) is 127 cm³/mol. The standard InChI is InChI=1S/C18H19F3N4O.C6H8N2O2/c19-12-5-6-16(24-9-12)25-15-4-2-1-3-14(15)17(22)11-7-13(10-23-8-11)26-18(20)21;7-3-6(8-5-9)1-2-10-4-6/h5,7-10,16,18H,1-4,6,22H2;5H,1-2,4H2,(H,8,9)/b17-14-,25-15+;. The third-order valence-corrected chi connectivity index (χ3v) is 5.78. The van der Waals surface area contributed by atoms with Crippen LogP contribution in [-0.2, 0) is 9.53 Å². The molecule has 2 fully saturated rings. The summed E-state index contributed by atoms with van der Waals surface area (Å²) in [4.78, 5) is 22.6. The van der Waals surface area contributed by atoms with Gasteiger partial charge in [0, 0.05) is 36.0 Å². The summed E-state index contributed by atoms with van der Waals surface area (Å²) in [7, 11) is 0. The van der Waals surface area contributed by atoms with E-state index in [0.29, 0.717) is 43.7 Å². The molecule has 3 aliphatic rings. The lowest BCUT2D eigenvalue weighted by Crippen LogP contribution is -2.43. The molecule has 1 aromatic rings. The van der Waals surface area contributed by atoms with Crippen molar-refractivity contribution in [1.82, 2.24) is 10.3 Å². The Morgan fingerprint density at radius 3 is 2.83 bits per heavy atom. The number of allylic oxidation sites excluding steroid dienone is 2. The third-order valence-electron chi connectivity index (χ3n) is 5.78. The maximum atomic E-state index is 13.1. The molecule has 36 heavy (non-hydrogen) atoms. The molecule has 9 nitrogen and oxygen atoms in total. The van der Waals surface area contributed by atoms with E-state index in [1.54, 1.807) is 0 Å². The maximum absolute atomic E-state index is 13.1. The zero-order valence-corrected chi connectivity index (χ0v) is 19.5. The molecule has 12 heteroatoms. The number of pyridine rings is 1. The molecule has 1 saturated heterocycles. The van der Waals surface area contributed by atoms with Crippen LogP contribution in [0.4, 0.5) is 13.2 Å². The van der Waals surface area contributed by atoms with Gasteiger partial charge in [-0.2, -0.15) is 14.0 Å². The number of rotatable bonds is 6. The lowest BCUT2D eigenvalue weighted by Gasteiger charge is -2.21. The van der Waals surface area contributed by atoms with Gasteiger partial charge < -0.3 is 20.5 Å². The summed E-state index contributed by atoms with van der Waals surface area (Å²) in [6, 6.07) is 3.45. The van der Waals surface area contributed by atoms with Gasteiger partial charge in [0.15, 0.2) is 5.54 Å². The van der Waals surface area contributed by atoms with Crippen molar-refractivity contribution in [3.63, 3.8) is 0 Å². The van der Waals surface area contributed by atoms with Crippen molar-refractivity contribution in [2.75, 3.05) is 13.2 Å². The molecule has 3 N–H and O–H groups in total. The second-order valence-corrected chi connectivity index (χ2v) is 8.31. The fourth-order valence-electron chi connectivity index (χ4n) is 3.90. The van der Waals surface area contributed by atoms with Crippen LogP contribution in [0, 0.1) is 11.3 Å². The van der Waals surface area contributed by atoms with Crippen LogP contribution < -0.4 is 15.8 Å². The summed E-state index contributed by atoms with van der Waals surface area (Å²) in [5.74, 6) is -0.407. The van der Waals surface area contributed by atoms with E-state index < -0.39 is 12.2 Å². The second kappa shape index (κ2) is 12.8. The number of aliphatic imine (C=N–C) groups is 2. The van der Waals surface area contributed by atoms with Crippen molar-refractivity contribution in [2.24, 2.45) is 15.7 Å². The van der Waals surface area contributed by atoms with E-state index in [9.17, 15) is 18.0 Å². The Morgan fingerprint density at radius 2 is 2.19 bits per heavy atom. The monoisotopic (exact) mass is 504 g/mol. The quantitative estimate of drug-likeness (QED) is 0.570. The number of nitrogens with two attached hydrogens (primary N) is 1. The molecule has 2 unspecified atom stereocenters. The van der Waals surface area contributed by atoms with Crippen LogP contribution in [-0.4, -0.2) is 54.9 Å². The molecule has 1 amide bonds. The molecular formula is C24H27F3N6O3. The first-order chi connectivity index (χ1) is 17.4. The predicted octanol–water partition coefficient (Wildman–Crippen LogP) is 3.44. The van der Waals surface area contributed by atoms with Gasteiger partial charge >= 0.3 is 6.61 Å². The average molecular weight is 505 g/mol. The Balaban J connectivity index is 0.000000303. The summed E-state index contributed by atoms with van der Waals surface area (Å²) in [6.07, 6.45) is 9.90. The Bertz CT molecular complexity index is 1090. The van der Waals surface area contributed by atoms with Gasteiger partial charge in [0.1, 0.15) is 17.7 Å². The molecule has 0 bridgehead atoms. The second-order valence-electron chi connectivity index (χ2n) is 8.31. The van der Waals surface area contributed by atoms with E-state index >= 15 is 0 Å². The summed E-state index contributed by atoms with van der Waals surface area (Å²) >= 11 is 0. The molecule has 0 aromatic carbocycles. The lowest BCUT2D eigenvalue weighted by atomic mass is 9.89. The fraction of sp³-hybridized carbons (Fsp3) is 0.458. The summed E-state index contributed by atoms with van der Waals surface area (Å²) in [5, 5.41) is 11.0. The number of aromatic nitrogens is 1. The Morgan fingerprint density at radius 1 is 1.39 bits per heavy atom. The van der Waals surface area contributed by atoms with Crippen molar-refractivity contribution in [3.05, 3.63) is 41.5 Å². The normalized spacial score (nSPS) is 25.9. The highest BCUT2D eigenvalue weighted by Gasteiger charge is 2.34. The zero-order chi connectivity index (χ0) is 26.0. The SMILES string of the molecule is N#CC1(NC=O)CCOC1.N/C(=C1/CCCC/C1=N\C1CC=C(F)C=N1)c1cncc(OC(F)F)c1. The number of amides is 1. The maximum Gasteiger partial charge on any atom is 0.387 e. The minimum absolute atomic E-state index is 0.0483. The van der Waals surface area contributed by atoms with Crippen molar-refractivity contribution >= 4 is 24.0 Å². The number of ether oxygens (including phenoxy) is 2. The molecule has 3 heterocycles. The topological polar surface area (TPSA) is 135 Å². The van der Waals surface area contributed by atoms with E-state index in [1.165, 1.54) is 30.8 Å². The molecule has 4 rings (SSSR count). The first-order valence-electron chi connectivity index (χ1n) is 11.4. The van der Waals surface area contributed by atoms with E-state index in [1.807, 2.05) is 6.07 Å². The molecule has 2 aliphatic heterocycles. The minimum Gasteiger partial charge on any atom is -0.433 e. The zero-order valence-electron chi connectivity index (χ0n) is 19.5. The summed E-state index contributed by atoms with van der Waals surface area (Å²) < 4.78 is 47.2. The van der Waals surface area contributed by atoms with Gasteiger partial charge in [0.25, 0.3) is 0 Å². The van der Waals surface area contributed by atoms with Crippen molar-refractivity contribution in [1.29, 1.82) is 5.26 Å². The average Bonchev–Trinajstić information content (AvgIpc) is 3.35. The molecule has 2 atom stereocenters. The summed E-state index contributed by atoms with van der Waals surface area (Å²) in [6.45, 7) is -2.07. The van der Waals surface area contributed by atoms with Crippen molar-refractivity contribution in [2.45, 2.75) is 56.8 Å². The van der Waals surface area contributed by atoms with Crippen molar-refractivity contribution in [3.8, 4) is 11.8 Å². The first-order valence-corrected chi connectivity index (χ1v) is 11.4. The van der Waals surface area contributed by atoms with Gasteiger partial charge in [-0.1, -0.05) is 0 Å². The number of nitriles is 1. The molecular weight excluding hydrogens is 477 g/mol. The molecule has 192 valence electrons. The van der Waals surface area contributed by atoms with E-state index in [4.69, 9.17) is 15.7 Å². The fourth-order valence-corrected chi connectivity index (χ4v) is 3.90. The van der Waals surface area contributed by atoms with Gasteiger partial charge in [-0.15, -0.1) is 0 Å². The van der Waals surface area contributed by atoms with E-state index in [-0.39, 0.29) is 17.7 Å². The van der Waals surface area contributed by atoms with Gasteiger partial charge in [-0.25, -0.2) is 4.39 Å². The molecule has 1 aromatic heterocycles. The third kappa shape index (κ3) is 7.39. The van der Waals surface area contributed by atoms with Crippen LogP contribution >= 0.6 is 0 Å². The first kappa shape index (κ1) is 26.9. The Hall–Kier alpha value is -3.72. The number of carbonyl (C=O) groups excluding carboxylic acids is 1. The van der Waals surface area contributed by atoms with Crippen LogP contribution in [0.25, 0.3) is 5.70 Å². The van der Waals surface area contributed by atoms with Crippen LogP contribution in [0.1, 0.15) is 44.1 Å². The molecule has 1 saturated carbocycles. The Kier molecular flexibility index (Phi) is 9.58. The highest BCUT2D eigenvalue weighted by molar-refractivity contribution is 6.06.